The molecule has 3 N–H and O–H groups in total. The van der Waals surface area contributed by atoms with Gasteiger partial charge < -0.3 is 11.1 Å². The van der Waals surface area contributed by atoms with Gasteiger partial charge in [0, 0.05) is 23.8 Å². The summed E-state index contributed by atoms with van der Waals surface area (Å²) >= 11 is 3.40. The number of nitrogens with two attached hydrogens (primary N) is 1. The second-order valence-corrected chi connectivity index (χ2v) is 3.65. The van der Waals surface area contributed by atoms with Crippen LogP contribution in [0.2, 0.25) is 0 Å². The Morgan fingerprint density at radius 3 is 3.21 bits per heavy atom. The molecule has 0 aromatic carbocycles. The van der Waals surface area contributed by atoms with Crippen molar-refractivity contribution in [2.24, 2.45) is 5.73 Å². The van der Waals surface area contributed by atoms with E-state index in [2.05, 4.69) is 31.3 Å². The summed E-state index contributed by atoms with van der Waals surface area (Å²) in [5, 5.41) is 7.25. The van der Waals surface area contributed by atoms with Crippen molar-refractivity contribution >= 4 is 27.4 Å². The van der Waals surface area contributed by atoms with Crippen LogP contribution in [0.25, 0.3) is 5.52 Å². The van der Waals surface area contributed by atoms with Crippen LogP contribution >= 0.6 is 15.9 Å². The van der Waals surface area contributed by atoms with Gasteiger partial charge in [-0.1, -0.05) is 0 Å². The first kappa shape index (κ1) is 9.42. The topological polar surface area (TPSA) is 68.2 Å². The summed E-state index contributed by atoms with van der Waals surface area (Å²) in [6, 6.07) is 1.93. The Morgan fingerprint density at radius 2 is 2.43 bits per heavy atom. The van der Waals surface area contributed by atoms with Crippen LogP contribution in [0.4, 0.5) is 5.95 Å². The molecule has 0 aliphatic rings. The van der Waals surface area contributed by atoms with E-state index in [1.807, 2.05) is 12.3 Å². The van der Waals surface area contributed by atoms with Crippen LogP contribution in [0.5, 0.6) is 0 Å². The summed E-state index contributed by atoms with van der Waals surface area (Å²) in [4.78, 5) is 4.15. The van der Waals surface area contributed by atoms with Crippen LogP contribution in [0, 0.1) is 0 Å². The average molecular weight is 256 g/mol. The summed E-state index contributed by atoms with van der Waals surface area (Å²) in [7, 11) is 0. The second-order valence-electron chi connectivity index (χ2n) is 2.79. The first-order chi connectivity index (χ1) is 6.81. The zero-order chi connectivity index (χ0) is 9.97. The molecule has 2 rings (SSSR count). The van der Waals surface area contributed by atoms with Crippen LogP contribution in [0.3, 0.4) is 0 Å². The predicted molar refractivity (Wildman–Crippen MR) is 58.2 cm³/mol. The molecule has 2 heterocycles. The van der Waals surface area contributed by atoms with Crippen molar-refractivity contribution in [3.05, 3.63) is 22.9 Å². The Balaban J connectivity index is 2.32. The Morgan fingerprint density at radius 1 is 1.57 bits per heavy atom. The molecule has 0 atom stereocenters. The van der Waals surface area contributed by atoms with Crippen molar-refractivity contribution in [2.45, 2.75) is 0 Å². The molecule has 0 aliphatic carbocycles. The zero-order valence-corrected chi connectivity index (χ0v) is 9.03. The van der Waals surface area contributed by atoms with E-state index in [4.69, 9.17) is 5.73 Å². The SMILES string of the molecule is NCCNc1ncc2c(Br)ccn2n1. The number of nitrogens with zero attached hydrogens (tertiary/aromatic N) is 3. The molecule has 74 valence electrons. The Kier molecular flexibility index (Phi) is 2.64. The van der Waals surface area contributed by atoms with Crippen LogP contribution < -0.4 is 11.1 Å². The maximum Gasteiger partial charge on any atom is 0.241 e. The molecule has 0 aliphatic heterocycles. The van der Waals surface area contributed by atoms with E-state index >= 15 is 0 Å². The van der Waals surface area contributed by atoms with E-state index in [1.165, 1.54) is 0 Å². The van der Waals surface area contributed by atoms with E-state index in [1.54, 1.807) is 10.7 Å². The number of hydrogen-bond acceptors (Lipinski definition) is 4. The molecule has 5 nitrogen and oxygen atoms in total. The Labute approximate surface area is 89.4 Å². The fourth-order valence-electron chi connectivity index (χ4n) is 1.13. The molecule has 0 unspecified atom stereocenters. The van der Waals surface area contributed by atoms with Gasteiger partial charge in [0.2, 0.25) is 5.95 Å². The lowest BCUT2D eigenvalue weighted by molar-refractivity contribution is 0.886. The number of fused-ring (bicyclic) bond motifs is 1. The molecule has 6 heteroatoms. The summed E-state index contributed by atoms with van der Waals surface area (Å²) in [6.45, 7) is 1.24. The van der Waals surface area contributed by atoms with Crippen molar-refractivity contribution in [2.75, 3.05) is 18.4 Å². The van der Waals surface area contributed by atoms with E-state index in [9.17, 15) is 0 Å². The van der Waals surface area contributed by atoms with Crippen molar-refractivity contribution in [3.63, 3.8) is 0 Å². The quantitative estimate of drug-likeness (QED) is 0.854. The zero-order valence-electron chi connectivity index (χ0n) is 7.44. The molecule has 0 saturated heterocycles. The molecular weight excluding hydrogens is 246 g/mol. The monoisotopic (exact) mass is 255 g/mol. The smallest absolute Gasteiger partial charge is 0.241 e. The van der Waals surface area contributed by atoms with Crippen molar-refractivity contribution < 1.29 is 0 Å². The molecule has 0 saturated carbocycles. The molecular formula is C8H10BrN5. The molecule has 0 amide bonds. The highest BCUT2D eigenvalue weighted by molar-refractivity contribution is 9.10. The Hall–Kier alpha value is -1.14. The van der Waals surface area contributed by atoms with E-state index in [-0.39, 0.29) is 0 Å². The van der Waals surface area contributed by atoms with Crippen molar-refractivity contribution in [3.8, 4) is 0 Å². The second kappa shape index (κ2) is 3.93. The number of halogens is 1. The normalized spacial score (nSPS) is 10.7. The third kappa shape index (κ3) is 1.71. The average Bonchev–Trinajstić information content (AvgIpc) is 2.57. The highest BCUT2D eigenvalue weighted by Crippen LogP contribution is 2.17. The number of nitrogens with one attached hydrogen (secondary N) is 1. The maximum absolute atomic E-state index is 5.36. The van der Waals surface area contributed by atoms with Gasteiger partial charge in [0.25, 0.3) is 0 Å². The van der Waals surface area contributed by atoms with Gasteiger partial charge in [-0.05, 0) is 22.0 Å². The fourth-order valence-corrected chi connectivity index (χ4v) is 1.54. The van der Waals surface area contributed by atoms with E-state index in [0.29, 0.717) is 19.0 Å². The van der Waals surface area contributed by atoms with Gasteiger partial charge in [0.15, 0.2) is 0 Å². The minimum absolute atomic E-state index is 0.566. The minimum atomic E-state index is 0.566. The van der Waals surface area contributed by atoms with Crippen LogP contribution in [0.1, 0.15) is 0 Å². The number of anilines is 1. The maximum atomic E-state index is 5.36. The van der Waals surface area contributed by atoms with E-state index < -0.39 is 0 Å². The standard InChI is InChI=1S/C8H10BrN5/c9-6-1-4-14-7(6)5-12-8(13-14)11-3-2-10/h1,4-5H,2-3,10H2,(H,11,13). The summed E-state index contributed by atoms with van der Waals surface area (Å²) < 4.78 is 2.75. The van der Waals surface area contributed by atoms with Gasteiger partial charge in [0.05, 0.1) is 11.7 Å². The highest BCUT2D eigenvalue weighted by Gasteiger charge is 2.01. The lowest BCUT2D eigenvalue weighted by atomic mass is 10.5. The largest absolute Gasteiger partial charge is 0.352 e. The summed E-state index contributed by atoms with van der Waals surface area (Å²) in [5.41, 5.74) is 6.31. The molecule has 2 aromatic rings. The van der Waals surface area contributed by atoms with Gasteiger partial charge in [0.1, 0.15) is 0 Å². The molecule has 0 fully saturated rings. The fraction of sp³-hybridized carbons (Fsp3) is 0.250. The van der Waals surface area contributed by atoms with E-state index in [0.717, 1.165) is 9.99 Å². The van der Waals surface area contributed by atoms with Gasteiger partial charge >= 0.3 is 0 Å². The van der Waals surface area contributed by atoms with Crippen LogP contribution in [-0.2, 0) is 0 Å². The molecule has 0 radical (unpaired) electrons. The number of aromatic nitrogens is 3. The number of rotatable bonds is 3. The third-order valence-corrected chi connectivity index (χ3v) is 2.46. The van der Waals surface area contributed by atoms with Crippen molar-refractivity contribution in [1.82, 2.24) is 14.6 Å². The first-order valence-electron chi connectivity index (χ1n) is 4.25. The minimum Gasteiger partial charge on any atom is -0.352 e. The first-order valence-corrected chi connectivity index (χ1v) is 5.04. The van der Waals surface area contributed by atoms with Gasteiger partial charge in [-0.2, -0.15) is 0 Å². The predicted octanol–water partition coefficient (Wildman–Crippen LogP) is 0.862. The van der Waals surface area contributed by atoms with Gasteiger partial charge in [-0.15, -0.1) is 5.10 Å². The van der Waals surface area contributed by atoms with Gasteiger partial charge in [-0.3, -0.25) is 0 Å². The Bertz CT molecular complexity index is 438. The molecule has 0 spiro atoms. The molecule has 0 bridgehead atoms. The highest BCUT2D eigenvalue weighted by atomic mass is 79.9. The number of hydrogen-bond donors (Lipinski definition) is 2. The van der Waals surface area contributed by atoms with Crippen LogP contribution in [-0.4, -0.2) is 27.7 Å². The van der Waals surface area contributed by atoms with Crippen LogP contribution in [0.15, 0.2) is 22.9 Å². The summed E-state index contributed by atoms with van der Waals surface area (Å²) in [6.07, 6.45) is 3.63. The van der Waals surface area contributed by atoms with Gasteiger partial charge in [-0.25, -0.2) is 9.50 Å². The van der Waals surface area contributed by atoms with Crippen molar-refractivity contribution in [1.29, 1.82) is 0 Å². The summed E-state index contributed by atoms with van der Waals surface area (Å²) in [5.74, 6) is 0.589. The molecule has 2 aromatic heterocycles. The third-order valence-electron chi connectivity index (χ3n) is 1.79. The lowest BCUT2D eigenvalue weighted by Crippen LogP contribution is -2.15. The molecule has 14 heavy (non-hydrogen) atoms. The lowest BCUT2D eigenvalue weighted by Gasteiger charge is -2.02.